The van der Waals surface area contributed by atoms with Crippen molar-refractivity contribution in [3.05, 3.63) is 0 Å². The summed E-state index contributed by atoms with van der Waals surface area (Å²) in [4.78, 5) is 26.3. The standard InChI is InChI=1S/C25H43NO6S/c1-15(2)26(16(3)4)23(27)28-13-8-14-33-21-18(6)20-10-9-17(5)19-11-12-24(7)30-22(29-21)25(19,20)32-31-24/h15-22H,8-14H2,1-7H3/t17-,18-,19+,20+,21+,22-,24-,25-/m1/s1. The van der Waals surface area contributed by atoms with Gasteiger partial charge in [-0.25, -0.2) is 14.6 Å². The maximum Gasteiger partial charge on any atom is 0.410 e. The molecule has 8 heteroatoms. The van der Waals surface area contributed by atoms with Gasteiger partial charge in [-0.1, -0.05) is 13.8 Å². The van der Waals surface area contributed by atoms with Crippen molar-refractivity contribution in [2.24, 2.45) is 23.7 Å². The van der Waals surface area contributed by atoms with Crippen molar-refractivity contribution in [1.82, 2.24) is 4.90 Å². The smallest absolute Gasteiger partial charge is 0.410 e. The predicted molar refractivity (Wildman–Crippen MR) is 127 cm³/mol. The first-order valence-electron chi connectivity index (χ1n) is 12.9. The Balaban J connectivity index is 1.34. The van der Waals surface area contributed by atoms with Gasteiger partial charge in [0.25, 0.3) is 0 Å². The lowest BCUT2D eigenvalue weighted by molar-refractivity contribution is -0.568. The van der Waals surface area contributed by atoms with E-state index in [9.17, 15) is 4.79 Å². The molecule has 5 aliphatic rings. The van der Waals surface area contributed by atoms with Crippen LogP contribution < -0.4 is 0 Å². The van der Waals surface area contributed by atoms with Gasteiger partial charge < -0.3 is 19.1 Å². The lowest BCUT2D eigenvalue weighted by atomic mass is 9.58. The highest BCUT2D eigenvalue weighted by Crippen LogP contribution is 2.61. The van der Waals surface area contributed by atoms with E-state index in [1.807, 2.05) is 34.6 Å². The largest absolute Gasteiger partial charge is 0.449 e. The van der Waals surface area contributed by atoms with Crippen molar-refractivity contribution in [1.29, 1.82) is 0 Å². The second-order valence-electron chi connectivity index (χ2n) is 11.2. The highest BCUT2D eigenvalue weighted by Gasteiger charge is 2.69. The molecule has 0 unspecified atom stereocenters. The van der Waals surface area contributed by atoms with E-state index in [2.05, 4.69) is 13.8 Å². The minimum atomic E-state index is -0.736. The fourth-order valence-electron chi connectivity index (χ4n) is 6.57. The highest BCUT2D eigenvalue weighted by molar-refractivity contribution is 7.99. The molecule has 2 bridgehead atoms. The Kier molecular flexibility index (Phi) is 7.62. The molecule has 0 N–H and O–H groups in total. The Morgan fingerprint density at radius 3 is 2.52 bits per heavy atom. The Labute approximate surface area is 203 Å². The molecule has 0 aromatic carbocycles. The first-order chi connectivity index (χ1) is 15.6. The second-order valence-corrected chi connectivity index (χ2v) is 12.4. The van der Waals surface area contributed by atoms with Crippen LogP contribution in [0.1, 0.15) is 80.6 Å². The van der Waals surface area contributed by atoms with Crippen molar-refractivity contribution in [3.63, 3.8) is 0 Å². The molecule has 8 atom stereocenters. The number of ether oxygens (including phenoxy) is 3. The summed E-state index contributed by atoms with van der Waals surface area (Å²) < 4.78 is 18.6. The van der Waals surface area contributed by atoms with E-state index >= 15 is 0 Å². The number of thioether (sulfide) groups is 1. The zero-order valence-corrected chi connectivity index (χ0v) is 22.2. The molecule has 4 saturated heterocycles. The van der Waals surface area contributed by atoms with Crippen LogP contribution in [-0.2, 0) is 24.0 Å². The summed E-state index contributed by atoms with van der Waals surface area (Å²) in [6, 6.07) is 0.251. The third-order valence-corrected chi connectivity index (χ3v) is 9.61. The van der Waals surface area contributed by atoms with Gasteiger partial charge in [0, 0.05) is 24.4 Å². The van der Waals surface area contributed by atoms with Gasteiger partial charge in [0.05, 0.1) is 6.61 Å². The molecule has 0 radical (unpaired) electrons. The summed E-state index contributed by atoms with van der Waals surface area (Å²) in [5.41, 5.74) is -0.471. The van der Waals surface area contributed by atoms with E-state index in [1.165, 1.54) is 6.42 Å². The Morgan fingerprint density at radius 2 is 1.82 bits per heavy atom. The number of carbonyl (C=O) groups excluding carboxylic acids is 1. The predicted octanol–water partition coefficient (Wildman–Crippen LogP) is 5.57. The number of nitrogens with zero attached hydrogens (tertiary/aromatic N) is 1. The first-order valence-corrected chi connectivity index (χ1v) is 13.9. The van der Waals surface area contributed by atoms with E-state index in [0.717, 1.165) is 31.4 Å². The van der Waals surface area contributed by atoms with Gasteiger partial charge in [0.1, 0.15) is 5.44 Å². The topological polar surface area (TPSA) is 66.5 Å². The minimum absolute atomic E-state index is 0.0322. The van der Waals surface area contributed by atoms with Gasteiger partial charge in [-0.3, -0.25) is 0 Å². The number of rotatable bonds is 7. The van der Waals surface area contributed by atoms with Crippen LogP contribution in [0.15, 0.2) is 0 Å². The number of amides is 1. The Morgan fingerprint density at radius 1 is 1.09 bits per heavy atom. The maximum absolute atomic E-state index is 12.4. The summed E-state index contributed by atoms with van der Waals surface area (Å²) in [5, 5.41) is 0. The monoisotopic (exact) mass is 485 g/mol. The van der Waals surface area contributed by atoms with Crippen LogP contribution in [0.25, 0.3) is 0 Å². The first kappa shape index (κ1) is 25.5. The summed E-state index contributed by atoms with van der Waals surface area (Å²) in [5.74, 6) is 1.77. The van der Waals surface area contributed by atoms with Crippen LogP contribution in [0, 0.1) is 23.7 Å². The van der Waals surface area contributed by atoms with Crippen LogP contribution in [0.4, 0.5) is 4.79 Å². The Hall–Kier alpha value is -0.540. The van der Waals surface area contributed by atoms with Crippen LogP contribution in [0.3, 0.4) is 0 Å². The van der Waals surface area contributed by atoms with Crippen molar-refractivity contribution >= 4 is 17.9 Å². The second kappa shape index (κ2) is 9.84. The van der Waals surface area contributed by atoms with Crippen molar-refractivity contribution < 1.29 is 28.8 Å². The molecule has 4 heterocycles. The third kappa shape index (κ3) is 4.67. The van der Waals surface area contributed by atoms with Crippen molar-refractivity contribution in [3.8, 4) is 0 Å². The van der Waals surface area contributed by atoms with Gasteiger partial charge in [-0.05, 0) is 83.8 Å². The van der Waals surface area contributed by atoms with E-state index in [1.54, 1.807) is 16.7 Å². The molecule has 7 nitrogen and oxygen atoms in total. The number of carbonyl (C=O) groups is 1. The normalized spacial score (nSPS) is 42.2. The average molecular weight is 486 g/mol. The molecule has 1 saturated carbocycles. The van der Waals surface area contributed by atoms with Gasteiger partial charge in [-0.2, -0.15) is 0 Å². The van der Waals surface area contributed by atoms with Gasteiger partial charge >= 0.3 is 6.09 Å². The number of hydrogen-bond donors (Lipinski definition) is 0. The van der Waals surface area contributed by atoms with Gasteiger partial charge in [-0.15, -0.1) is 11.8 Å². The molecule has 1 amide bonds. The third-order valence-electron chi connectivity index (χ3n) is 8.22. The SMILES string of the molecule is CC(C)N(C(=O)OCCCS[C@@H]1O[C@@H]2O[C@@]3(C)CC[C@H]4[C@H](C)CC[C@@H]([C@H]1C)[C@@]24OO3)C(C)C. The van der Waals surface area contributed by atoms with E-state index in [-0.39, 0.29) is 23.6 Å². The lowest BCUT2D eigenvalue weighted by Crippen LogP contribution is -2.70. The molecule has 1 aliphatic carbocycles. The molecule has 0 aromatic rings. The summed E-state index contributed by atoms with van der Waals surface area (Å²) in [6.07, 6.45) is 4.37. The maximum atomic E-state index is 12.4. The molecule has 0 aromatic heterocycles. The molecule has 5 fully saturated rings. The molecular formula is C25H43NO6S. The number of hydrogen-bond acceptors (Lipinski definition) is 7. The Bertz CT molecular complexity index is 698. The molecular weight excluding hydrogens is 442 g/mol. The minimum Gasteiger partial charge on any atom is -0.449 e. The number of fused-ring (bicyclic) bond motifs is 2. The highest BCUT2D eigenvalue weighted by atomic mass is 32.2. The van der Waals surface area contributed by atoms with Gasteiger partial charge in [0.2, 0.25) is 5.79 Å². The summed E-state index contributed by atoms with van der Waals surface area (Å²) in [6.45, 7) is 15.1. The molecule has 1 spiro atoms. The van der Waals surface area contributed by atoms with Crippen LogP contribution in [0.2, 0.25) is 0 Å². The van der Waals surface area contributed by atoms with Crippen LogP contribution >= 0.6 is 11.8 Å². The molecule has 190 valence electrons. The summed E-state index contributed by atoms with van der Waals surface area (Å²) >= 11 is 1.81. The van der Waals surface area contributed by atoms with E-state index < -0.39 is 17.7 Å². The quantitative estimate of drug-likeness (QED) is 0.345. The van der Waals surface area contributed by atoms with Crippen molar-refractivity contribution in [2.75, 3.05) is 12.4 Å². The van der Waals surface area contributed by atoms with Crippen molar-refractivity contribution in [2.45, 2.75) is 116 Å². The van der Waals surface area contributed by atoms with Crippen LogP contribution in [0.5, 0.6) is 0 Å². The zero-order valence-electron chi connectivity index (χ0n) is 21.4. The lowest BCUT2D eigenvalue weighted by Gasteiger charge is -2.60. The fraction of sp³-hybridized carbons (Fsp3) is 0.960. The van der Waals surface area contributed by atoms with E-state index in [0.29, 0.717) is 30.3 Å². The summed E-state index contributed by atoms with van der Waals surface area (Å²) in [7, 11) is 0. The van der Waals surface area contributed by atoms with Gasteiger partial charge in [0.15, 0.2) is 11.9 Å². The van der Waals surface area contributed by atoms with Crippen LogP contribution in [-0.4, -0.2) is 58.6 Å². The molecule has 33 heavy (non-hydrogen) atoms. The molecule has 5 rings (SSSR count). The molecule has 4 aliphatic heterocycles. The fourth-order valence-corrected chi connectivity index (χ4v) is 7.76. The average Bonchev–Trinajstić information content (AvgIpc) is 2.96. The van der Waals surface area contributed by atoms with E-state index in [4.69, 9.17) is 24.0 Å². The zero-order chi connectivity index (χ0) is 24.0.